The van der Waals surface area contributed by atoms with Crippen LogP contribution in [0.5, 0.6) is 11.5 Å². The normalized spacial score (nSPS) is 10.0. The summed E-state index contributed by atoms with van der Waals surface area (Å²) in [5.41, 5.74) is 1.54. The van der Waals surface area contributed by atoms with E-state index in [9.17, 15) is 4.79 Å². The summed E-state index contributed by atoms with van der Waals surface area (Å²) in [4.78, 5) is 10.8. The molecular weight excluding hydrogens is 264 g/mol. The summed E-state index contributed by atoms with van der Waals surface area (Å²) in [5.74, 6) is 1.14. The molecule has 0 saturated carbocycles. The van der Waals surface area contributed by atoms with Crippen molar-refractivity contribution in [1.29, 1.82) is 0 Å². The topological polar surface area (TPSA) is 35.5 Å². The van der Waals surface area contributed by atoms with Gasteiger partial charge in [0.25, 0.3) is 0 Å². The van der Waals surface area contributed by atoms with Crippen LogP contribution in [-0.4, -0.2) is 13.4 Å². The van der Waals surface area contributed by atoms with E-state index in [-0.39, 0.29) is 0 Å². The van der Waals surface area contributed by atoms with E-state index < -0.39 is 0 Å². The minimum Gasteiger partial charge on any atom is -0.493 e. The second-order valence-corrected chi connectivity index (χ2v) is 4.38. The van der Waals surface area contributed by atoms with E-state index in [2.05, 4.69) is 0 Å². The minimum atomic E-state index is 0.385. The average Bonchev–Trinajstić information content (AvgIpc) is 2.46. The van der Waals surface area contributed by atoms with Gasteiger partial charge in [0.2, 0.25) is 0 Å². The van der Waals surface area contributed by atoms with Crippen molar-refractivity contribution in [2.45, 2.75) is 6.61 Å². The fourth-order valence-corrected chi connectivity index (χ4v) is 1.75. The summed E-state index contributed by atoms with van der Waals surface area (Å²) < 4.78 is 10.9. The molecule has 0 aliphatic carbocycles. The first-order chi connectivity index (χ1) is 9.22. The number of hydrogen-bond donors (Lipinski definition) is 0. The van der Waals surface area contributed by atoms with Crippen molar-refractivity contribution in [2.75, 3.05) is 7.11 Å². The second-order valence-electron chi connectivity index (χ2n) is 3.94. The molecule has 0 unspecified atom stereocenters. The highest BCUT2D eigenvalue weighted by Gasteiger charge is 2.06. The van der Waals surface area contributed by atoms with Crippen molar-refractivity contribution in [1.82, 2.24) is 0 Å². The second kappa shape index (κ2) is 6.25. The summed E-state index contributed by atoms with van der Waals surface area (Å²) >= 11 is 5.82. The van der Waals surface area contributed by atoms with Crippen LogP contribution in [0.1, 0.15) is 15.9 Å². The van der Waals surface area contributed by atoms with Gasteiger partial charge in [-0.15, -0.1) is 0 Å². The van der Waals surface area contributed by atoms with Crippen molar-refractivity contribution in [3.8, 4) is 11.5 Å². The monoisotopic (exact) mass is 276 g/mol. The zero-order valence-electron chi connectivity index (χ0n) is 10.4. The summed E-state index contributed by atoms with van der Waals surface area (Å²) in [6.07, 6.45) is 0.772. The Kier molecular flexibility index (Phi) is 4.42. The standard InChI is InChI=1S/C15H13ClO3/c1-18-14-7-4-12(9-17)8-15(14)19-10-11-2-5-13(16)6-3-11/h2-9H,10H2,1H3. The molecular formula is C15H13ClO3. The summed E-state index contributed by atoms with van der Waals surface area (Å²) in [7, 11) is 1.56. The average molecular weight is 277 g/mol. The molecule has 2 aromatic rings. The van der Waals surface area contributed by atoms with Crippen LogP contribution in [0.4, 0.5) is 0 Å². The van der Waals surface area contributed by atoms with Crippen LogP contribution in [0.15, 0.2) is 42.5 Å². The van der Waals surface area contributed by atoms with E-state index in [0.717, 1.165) is 11.8 Å². The van der Waals surface area contributed by atoms with Crippen LogP contribution in [0.3, 0.4) is 0 Å². The van der Waals surface area contributed by atoms with Crippen LogP contribution >= 0.6 is 11.6 Å². The Balaban J connectivity index is 2.13. The zero-order chi connectivity index (χ0) is 13.7. The molecule has 0 atom stereocenters. The molecule has 0 spiro atoms. The Morgan fingerprint density at radius 3 is 2.47 bits per heavy atom. The SMILES string of the molecule is COc1ccc(C=O)cc1OCc1ccc(Cl)cc1. The van der Waals surface area contributed by atoms with Crippen LogP contribution in [0.25, 0.3) is 0 Å². The number of halogens is 1. The third-order valence-corrected chi connectivity index (χ3v) is 2.88. The van der Waals surface area contributed by atoms with Gasteiger partial charge in [0.1, 0.15) is 12.9 Å². The molecule has 0 fully saturated rings. The van der Waals surface area contributed by atoms with Gasteiger partial charge in [0.15, 0.2) is 11.5 Å². The molecule has 0 bridgehead atoms. The lowest BCUT2D eigenvalue weighted by Gasteiger charge is -2.11. The Morgan fingerprint density at radius 1 is 1.11 bits per heavy atom. The van der Waals surface area contributed by atoms with Gasteiger partial charge in [0.05, 0.1) is 7.11 Å². The third kappa shape index (κ3) is 3.48. The fraction of sp³-hybridized carbons (Fsp3) is 0.133. The van der Waals surface area contributed by atoms with E-state index >= 15 is 0 Å². The molecule has 0 N–H and O–H groups in total. The summed E-state index contributed by atoms with van der Waals surface area (Å²) in [6.45, 7) is 0.385. The number of carbonyl (C=O) groups is 1. The van der Waals surface area contributed by atoms with Crippen LogP contribution in [0.2, 0.25) is 5.02 Å². The van der Waals surface area contributed by atoms with Gasteiger partial charge in [0, 0.05) is 10.6 Å². The molecule has 4 heteroatoms. The minimum absolute atomic E-state index is 0.385. The van der Waals surface area contributed by atoms with Gasteiger partial charge in [-0.3, -0.25) is 4.79 Å². The van der Waals surface area contributed by atoms with Gasteiger partial charge in [-0.25, -0.2) is 0 Å². The van der Waals surface area contributed by atoms with Crippen molar-refractivity contribution >= 4 is 17.9 Å². The molecule has 0 saturated heterocycles. The van der Waals surface area contributed by atoms with Crippen LogP contribution in [-0.2, 0) is 6.61 Å². The van der Waals surface area contributed by atoms with E-state index in [4.69, 9.17) is 21.1 Å². The smallest absolute Gasteiger partial charge is 0.162 e. The number of carbonyl (C=O) groups excluding carboxylic acids is 1. The molecule has 0 aromatic heterocycles. The number of hydrogen-bond acceptors (Lipinski definition) is 3. The quantitative estimate of drug-likeness (QED) is 0.781. The molecule has 19 heavy (non-hydrogen) atoms. The molecule has 0 heterocycles. The largest absolute Gasteiger partial charge is 0.493 e. The van der Waals surface area contributed by atoms with Crippen molar-refractivity contribution < 1.29 is 14.3 Å². The predicted octanol–water partition coefficient (Wildman–Crippen LogP) is 3.74. The van der Waals surface area contributed by atoms with Gasteiger partial charge in [-0.2, -0.15) is 0 Å². The number of benzene rings is 2. The maximum Gasteiger partial charge on any atom is 0.162 e. The summed E-state index contributed by atoms with van der Waals surface area (Å²) in [5, 5.41) is 0.685. The lowest BCUT2D eigenvalue weighted by Crippen LogP contribution is -1.98. The highest BCUT2D eigenvalue weighted by atomic mass is 35.5. The van der Waals surface area contributed by atoms with Gasteiger partial charge in [-0.1, -0.05) is 23.7 Å². The zero-order valence-corrected chi connectivity index (χ0v) is 11.2. The lowest BCUT2D eigenvalue weighted by atomic mass is 10.2. The van der Waals surface area contributed by atoms with E-state index in [0.29, 0.717) is 28.7 Å². The number of aldehydes is 1. The molecule has 0 aliphatic heterocycles. The van der Waals surface area contributed by atoms with Gasteiger partial charge >= 0.3 is 0 Å². The Labute approximate surface area is 116 Å². The number of ether oxygens (including phenoxy) is 2. The maximum absolute atomic E-state index is 10.8. The van der Waals surface area contributed by atoms with Crippen LogP contribution in [0, 0.1) is 0 Å². The molecule has 0 aliphatic rings. The molecule has 0 amide bonds. The molecule has 3 nitrogen and oxygen atoms in total. The molecule has 2 rings (SSSR count). The molecule has 2 aromatic carbocycles. The first kappa shape index (κ1) is 13.4. The number of methoxy groups -OCH3 is 1. The Hall–Kier alpha value is -2.00. The van der Waals surface area contributed by atoms with Gasteiger partial charge in [-0.05, 0) is 35.9 Å². The lowest BCUT2D eigenvalue weighted by molar-refractivity contribution is 0.112. The van der Waals surface area contributed by atoms with Crippen LogP contribution < -0.4 is 9.47 Å². The van der Waals surface area contributed by atoms with E-state index in [1.165, 1.54) is 0 Å². The Morgan fingerprint density at radius 2 is 1.84 bits per heavy atom. The first-order valence-corrected chi connectivity index (χ1v) is 6.11. The van der Waals surface area contributed by atoms with Crippen molar-refractivity contribution in [2.24, 2.45) is 0 Å². The summed E-state index contributed by atoms with van der Waals surface area (Å²) in [6, 6.07) is 12.4. The van der Waals surface area contributed by atoms with E-state index in [1.54, 1.807) is 37.4 Å². The van der Waals surface area contributed by atoms with Gasteiger partial charge < -0.3 is 9.47 Å². The number of rotatable bonds is 5. The fourth-order valence-electron chi connectivity index (χ4n) is 1.62. The highest BCUT2D eigenvalue weighted by molar-refractivity contribution is 6.30. The first-order valence-electron chi connectivity index (χ1n) is 5.73. The van der Waals surface area contributed by atoms with Crippen molar-refractivity contribution in [3.05, 3.63) is 58.6 Å². The molecule has 0 radical (unpaired) electrons. The highest BCUT2D eigenvalue weighted by Crippen LogP contribution is 2.28. The molecule has 98 valence electrons. The van der Waals surface area contributed by atoms with E-state index in [1.807, 2.05) is 12.1 Å². The maximum atomic E-state index is 10.8. The Bertz CT molecular complexity index is 564. The van der Waals surface area contributed by atoms with Crippen molar-refractivity contribution in [3.63, 3.8) is 0 Å². The predicted molar refractivity (Wildman–Crippen MR) is 74.2 cm³/mol. The third-order valence-electron chi connectivity index (χ3n) is 2.63.